The summed E-state index contributed by atoms with van der Waals surface area (Å²) in [4.78, 5) is 19.0. The number of aromatic nitrogens is 4. The first kappa shape index (κ1) is 29.3. The Morgan fingerprint density at radius 1 is 0.476 bits per heavy atom. The van der Waals surface area contributed by atoms with Crippen LogP contribution in [0.3, 0.4) is 0 Å². The van der Waals surface area contributed by atoms with Gasteiger partial charge in [-0.15, -0.1) is 0 Å². The highest BCUT2D eigenvalue weighted by Gasteiger charge is 2.05. The molecule has 0 amide bonds. The minimum absolute atomic E-state index is 0.817. The number of nitrogens with zero attached hydrogens (tertiary/aromatic N) is 4. The molecule has 0 spiro atoms. The third-order valence-corrected chi connectivity index (χ3v) is 7.73. The molecule has 0 aliphatic carbocycles. The Morgan fingerprint density at radius 3 is 1.31 bits per heavy atom. The maximum atomic E-state index is 4.82. The minimum Gasteiger partial charge on any atom is -0.252 e. The molecule has 214 valence electrons. The lowest BCUT2D eigenvalue weighted by Crippen LogP contribution is -1.92. The first-order chi connectivity index (χ1) is 20.7. The van der Waals surface area contributed by atoms with Gasteiger partial charge in [0.2, 0.25) is 0 Å². The van der Waals surface area contributed by atoms with Crippen molar-refractivity contribution in [3.8, 4) is 0 Å². The van der Waals surface area contributed by atoms with Crippen LogP contribution in [0.2, 0.25) is 0 Å². The van der Waals surface area contributed by atoms with Gasteiger partial charge in [0, 0.05) is 0 Å². The summed E-state index contributed by atoms with van der Waals surface area (Å²) in [7, 11) is 0. The van der Waals surface area contributed by atoms with Crippen LogP contribution in [0, 0.1) is 0 Å². The van der Waals surface area contributed by atoms with Crippen molar-refractivity contribution in [3.05, 3.63) is 107 Å². The lowest BCUT2D eigenvalue weighted by Gasteiger charge is -2.04. The predicted octanol–water partition coefficient (Wildman–Crippen LogP) is 10.2. The number of benzene rings is 3. The number of hydrogen-bond donors (Lipinski definition) is 0. The monoisotopic (exact) mass is 554 g/mol. The van der Waals surface area contributed by atoms with E-state index in [1.54, 1.807) is 0 Å². The quantitative estimate of drug-likeness (QED) is 0.101. The summed E-state index contributed by atoms with van der Waals surface area (Å²) >= 11 is 0. The molecule has 0 aliphatic heterocycles. The van der Waals surface area contributed by atoms with E-state index in [4.69, 9.17) is 9.97 Å². The molecule has 4 nitrogen and oxygen atoms in total. The summed E-state index contributed by atoms with van der Waals surface area (Å²) in [6.07, 6.45) is 24.5. The molecule has 4 heteroatoms. The van der Waals surface area contributed by atoms with Gasteiger partial charge in [-0.05, 0) is 72.2 Å². The van der Waals surface area contributed by atoms with Gasteiger partial charge in [-0.1, -0.05) is 113 Å². The van der Waals surface area contributed by atoms with Crippen molar-refractivity contribution in [3.63, 3.8) is 0 Å². The number of rotatable bonds is 14. The van der Waals surface area contributed by atoms with Gasteiger partial charge in [0.15, 0.2) is 0 Å². The predicted molar refractivity (Wildman–Crippen MR) is 179 cm³/mol. The first-order valence-electron chi connectivity index (χ1n) is 15.7. The van der Waals surface area contributed by atoms with Crippen LogP contribution in [0.1, 0.15) is 98.9 Å². The topological polar surface area (TPSA) is 51.6 Å². The molecule has 2 aromatic heterocycles. The summed E-state index contributed by atoms with van der Waals surface area (Å²) in [5, 5.41) is 0. The van der Waals surface area contributed by atoms with Gasteiger partial charge in [-0.25, -0.2) is 9.97 Å². The zero-order valence-corrected chi connectivity index (χ0v) is 25.1. The first-order valence-corrected chi connectivity index (χ1v) is 15.7. The van der Waals surface area contributed by atoms with E-state index in [1.807, 2.05) is 36.7 Å². The van der Waals surface area contributed by atoms with Crippen LogP contribution in [0.25, 0.3) is 46.4 Å². The molecule has 0 aliphatic rings. The lowest BCUT2D eigenvalue weighted by atomic mass is 10.0. The highest BCUT2D eigenvalue weighted by Crippen LogP contribution is 2.20. The molecule has 3 aromatic carbocycles. The number of unbranched alkanes of at least 4 members (excludes halogenated alkanes) is 6. The molecule has 2 heterocycles. The molecule has 0 fully saturated rings. The lowest BCUT2D eigenvalue weighted by molar-refractivity contribution is 0.667. The van der Waals surface area contributed by atoms with Gasteiger partial charge in [0.05, 0.1) is 45.8 Å². The van der Waals surface area contributed by atoms with E-state index in [0.29, 0.717) is 0 Å². The van der Waals surface area contributed by atoms with Crippen molar-refractivity contribution in [2.75, 3.05) is 0 Å². The second-order valence-corrected chi connectivity index (χ2v) is 11.2. The molecule has 0 atom stereocenters. The Hall–Kier alpha value is -4.18. The average Bonchev–Trinajstić information content (AvgIpc) is 3.03. The zero-order valence-electron chi connectivity index (χ0n) is 25.1. The Balaban J connectivity index is 1.22. The highest BCUT2D eigenvalue weighted by atomic mass is 14.8. The SMILES string of the molecule is CCCCCCc1ccc(/C=C/c2cnc3cc4nc(/C=C/c5ccc(CCCCCC)cc5)cnc4cc3n2)cc1. The largest absolute Gasteiger partial charge is 0.252 e. The molecule has 5 aromatic rings. The Bertz CT molecular complexity index is 1510. The van der Waals surface area contributed by atoms with Gasteiger partial charge in [0.25, 0.3) is 0 Å². The molecular formula is C38H42N4. The van der Waals surface area contributed by atoms with E-state index in [2.05, 4.69) is 84.5 Å². The van der Waals surface area contributed by atoms with Crippen LogP contribution in [0.4, 0.5) is 0 Å². The van der Waals surface area contributed by atoms with Crippen molar-refractivity contribution in [1.82, 2.24) is 19.9 Å². The standard InChI is InChI=1S/C38H42N4/c1-3-5-7-9-11-29-13-17-31(18-14-29)21-23-33-27-39-35-26-38-36(25-37(35)41-33)40-28-34(42-38)24-22-32-19-15-30(16-20-32)12-10-8-6-4-2/h13-28H,3-12H2,1-2H3/b23-21+,24-22+. The molecule has 0 saturated heterocycles. The van der Waals surface area contributed by atoms with Crippen molar-refractivity contribution >= 4 is 46.4 Å². The van der Waals surface area contributed by atoms with Crippen LogP contribution in [0.15, 0.2) is 73.1 Å². The Morgan fingerprint density at radius 2 is 0.905 bits per heavy atom. The van der Waals surface area contributed by atoms with Crippen LogP contribution in [-0.4, -0.2) is 19.9 Å². The molecule has 42 heavy (non-hydrogen) atoms. The minimum atomic E-state index is 0.817. The van der Waals surface area contributed by atoms with Gasteiger partial charge in [-0.3, -0.25) is 9.97 Å². The van der Waals surface area contributed by atoms with Gasteiger partial charge in [0.1, 0.15) is 0 Å². The van der Waals surface area contributed by atoms with Gasteiger partial charge < -0.3 is 0 Å². The maximum absolute atomic E-state index is 4.82. The summed E-state index contributed by atoms with van der Waals surface area (Å²) in [6.45, 7) is 4.50. The second-order valence-electron chi connectivity index (χ2n) is 11.2. The van der Waals surface area contributed by atoms with Crippen LogP contribution in [0.5, 0.6) is 0 Å². The molecule has 0 radical (unpaired) electrons. The summed E-state index contributed by atoms with van der Waals surface area (Å²) < 4.78 is 0. The number of aryl methyl sites for hydroxylation is 2. The van der Waals surface area contributed by atoms with Gasteiger partial charge in [-0.2, -0.15) is 0 Å². The van der Waals surface area contributed by atoms with E-state index < -0.39 is 0 Å². The van der Waals surface area contributed by atoms with Crippen molar-refractivity contribution in [1.29, 1.82) is 0 Å². The molecule has 0 unspecified atom stereocenters. The van der Waals surface area contributed by atoms with E-state index >= 15 is 0 Å². The normalized spacial score (nSPS) is 11.9. The highest BCUT2D eigenvalue weighted by molar-refractivity contribution is 5.91. The molecule has 0 saturated carbocycles. The second kappa shape index (κ2) is 15.2. The summed E-state index contributed by atoms with van der Waals surface area (Å²) in [5.74, 6) is 0. The van der Waals surface area contributed by atoms with E-state index in [-0.39, 0.29) is 0 Å². The fraction of sp³-hybridized carbons (Fsp3) is 0.316. The average molecular weight is 555 g/mol. The molecule has 5 rings (SSSR count). The molecular weight excluding hydrogens is 512 g/mol. The molecule has 0 bridgehead atoms. The smallest absolute Gasteiger partial charge is 0.0917 e. The van der Waals surface area contributed by atoms with Gasteiger partial charge >= 0.3 is 0 Å². The van der Waals surface area contributed by atoms with Crippen molar-refractivity contribution in [2.45, 2.75) is 78.1 Å². The fourth-order valence-corrected chi connectivity index (χ4v) is 5.17. The molecule has 0 N–H and O–H groups in total. The zero-order chi connectivity index (χ0) is 29.0. The third-order valence-electron chi connectivity index (χ3n) is 7.73. The van der Waals surface area contributed by atoms with E-state index in [9.17, 15) is 0 Å². The number of hydrogen-bond acceptors (Lipinski definition) is 4. The van der Waals surface area contributed by atoms with E-state index in [1.165, 1.54) is 62.5 Å². The number of fused-ring (bicyclic) bond motifs is 2. The van der Waals surface area contributed by atoms with Crippen molar-refractivity contribution in [2.24, 2.45) is 0 Å². The summed E-state index contributed by atoms with van der Waals surface area (Å²) in [6, 6.07) is 21.6. The maximum Gasteiger partial charge on any atom is 0.0917 e. The van der Waals surface area contributed by atoms with Crippen LogP contribution >= 0.6 is 0 Å². The van der Waals surface area contributed by atoms with Crippen LogP contribution in [-0.2, 0) is 12.8 Å². The third kappa shape index (κ3) is 8.42. The Kier molecular flexibility index (Phi) is 10.6. The van der Waals surface area contributed by atoms with Crippen LogP contribution < -0.4 is 0 Å². The van der Waals surface area contributed by atoms with E-state index in [0.717, 1.165) is 57.4 Å². The fourth-order valence-electron chi connectivity index (χ4n) is 5.17. The summed E-state index contributed by atoms with van der Waals surface area (Å²) in [5.41, 5.74) is 10.1. The Labute approximate surface area is 250 Å². The van der Waals surface area contributed by atoms with Crippen molar-refractivity contribution < 1.29 is 0 Å².